The third-order valence-electron chi connectivity index (χ3n) is 4.59. The number of hydrogen-bond donors (Lipinski definition) is 4. The molecule has 0 spiro atoms. The fourth-order valence-electron chi connectivity index (χ4n) is 3.10. The van der Waals surface area contributed by atoms with E-state index in [1.54, 1.807) is 0 Å². The second-order valence-corrected chi connectivity index (χ2v) is 7.79. The Hall–Kier alpha value is -1.77. The molecule has 148 valence electrons. The molecule has 1 aliphatic heterocycles. The lowest BCUT2D eigenvalue weighted by atomic mass is 9.75. The zero-order valence-electron chi connectivity index (χ0n) is 15.9. The van der Waals surface area contributed by atoms with Gasteiger partial charge in [0.25, 0.3) is 0 Å². The normalized spacial score (nSPS) is 17.3. The van der Waals surface area contributed by atoms with E-state index in [0.29, 0.717) is 17.9 Å². The Morgan fingerprint density at radius 3 is 2.59 bits per heavy atom. The highest BCUT2D eigenvalue weighted by atomic mass is 35.5. The monoisotopic (exact) mass is 395 g/mol. The first-order chi connectivity index (χ1) is 12.7. The van der Waals surface area contributed by atoms with Crippen LogP contribution in [0, 0.1) is 12.8 Å². The van der Waals surface area contributed by atoms with Crippen LogP contribution in [-0.2, 0) is 9.59 Å². The van der Waals surface area contributed by atoms with Gasteiger partial charge in [-0.25, -0.2) is 0 Å². The van der Waals surface area contributed by atoms with Crippen molar-refractivity contribution >= 4 is 36.2 Å². The van der Waals surface area contributed by atoms with Crippen LogP contribution in [0.15, 0.2) is 18.2 Å². The highest BCUT2D eigenvalue weighted by molar-refractivity contribution is 6.43. The molecular weight excluding hydrogens is 368 g/mol. The Balaban J connectivity index is 1.87. The summed E-state index contributed by atoms with van der Waals surface area (Å²) in [6.45, 7) is 6.30. The van der Waals surface area contributed by atoms with Gasteiger partial charge < -0.3 is 25.6 Å². The maximum atomic E-state index is 12.4. The third-order valence-corrected chi connectivity index (χ3v) is 4.89. The van der Waals surface area contributed by atoms with Crippen molar-refractivity contribution in [2.75, 3.05) is 18.0 Å². The number of hydrogen-bond acceptors (Lipinski definition) is 5. The molecule has 7 nitrogen and oxygen atoms in total. The van der Waals surface area contributed by atoms with Crippen molar-refractivity contribution in [2.45, 2.75) is 45.6 Å². The van der Waals surface area contributed by atoms with Gasteiger partial charge in [-0.3, -0.25) is 9.59 Å². The summed E-state index contributed by atoms with van der Waals surface area (Å²) >= 11 is 6.28. The number of anilines is 1. The van der Waals surface area contributed by atoms with Gasteiger partial charge in [-0.1, -0.05) is 31.5 Å². The Morgan fingerprint density at radius 2 is 2.07 bits per heavy atom. The molecule has 9 heteroatoms. The summed E-state index contributed by atoms with van der Waals surface area (Å²) in [6.07, 6.45) is 1.11. The molecule has 1 aromatic carbocycles. The summed E-state index contributed by atoms with van der Waals surface area (Å²) < 4.78 is 0. The molecule has 2 atom stereocenters. The number of aryl methyl sites for hydroxylation is 1. The Kier molecular flexibility index (Phi) is 7.53. The number of benzene rings is 1. The first kappa shape index (κ1) is 21.5. The van der Waals surface area contributed by atoms with Gasteiger partial charge in [0.15, 0.2) is 0 Å². The van der Waals surface area contributed by atoms with Gasteiger partial charge in [0.2, 0.25) is 11.8 Å². The van der Waals surface area contributed by atoms with Crippen LogP contribution in [0.5, 0.6) is 0 Å². The summed E-state index contributed by atoms with van der Waals surface area (Å²) in [7, 11) is -1.64. The van der Waals surface area contributed by atoms with E-state index in [4.69, 9.17) is 11.6 Å². The molecule has 0 bridgehead atoms. The highest BCUT2D eigenvalue weighted by Crippen LogP contribution is 2.33. The molecule has 0 aliphatic carbocycles. The Bertz CT molecular complexity index is 687. The SMILES string of the molecule is Cc1ccc(N2CCC2C(=O)NCC(=O)NC(CC(C)C)B(O)O)c(Cl)c1. The molecule has 4 N–H and O–H groups in total. The van der Waals surface area contributed by atoms with E-state index in [0.717, 1.165) is 17.8 Å². The van der Waals surface area contributed by atoms with Crippen LogP contribution in [0.2, 0.25) is 5.02 Å². The van der Waals surface area contributed by atoms with Gasteiger partial charge in [0.05, 0.1) is 23.2 Å². The molecule has 2 rings (SSSR count). The molecule has 0 aromatic heterocycles. The molecule has 0 saturated carbocycles. The van der Waals surface area contributed by atoms with Gasteiger partial charge >= 0.3 is 7.12 Å². The van der Waals surface area contributed by atoms with E-state index in [2.05, 4.69) is 10.6 Å². The predicted molar refractivity (Wildman–Crippen MR) is 107 cm³/mol. The van der Waals surface area contributed by atoms with Gasteiger partial charge in [-0.15, -0.1) is 0 Å². The molecule has 2 unspecified atom stereocenters. The first-order valence-corrected chi connectivity index (χ1v) is 9.52. The number of halogens is 1. The second-order valence-electron chi connectivity index (χ2n) is 7.39. The number of carbonyl (C=O) groups excluding carboxylic acids is 2. The molecule has 1 saturated heterocycles. The lowest BCUT2D eigenvalue weighted by Gasteiger charge is -2.42. The maximum Gasteiger partial charge on any atom is 0.475 e. The minimum absolute atomic E-state index is 0.189. The number of amides is 2. The van der Waals surface area contributed by atoms with Crippen LogP contribution in [-0.4, -0.2) is 54.1 Å². The van der Waals surface area contributed by atoms with Crippen molar-refractivity contribution in [1.82, 2.24) is 10.6 Å². The summed E-state index contributed by atoms with van der Waals surface area (Å²) in [4.78, 5) is 26.4. The third kappa shape index (κ3) is 5.86. The van der Waals surface area contributed by atoms with E-state index >= 15 is 0 Å². The quantitative estimate of drug-likeness (QED) is 0.490. The van der Waals surface area contributed by atoms with Gasteiger partial charge in [-0.05, 0) is 43.4 Å². The van der Waals surface area contributed by atoms with E-state index in [1.807, 2.05) is 43.9 Å². The zero-order chi connectivity index (χ0) is 20.1. The number of rotatable bonds is 8. The molecule has 1 aromatic rings. The van der Waals surface area contributed by atoms with Crippen LogP contribution >= 0.6 is 11.6 Å². The molecule has 27 heavy (non-hydrogen) atoms. The van der Waals surface area contributed by atoms with Gasteiger partial charge in [0.1, 0.15) is 6.04 Å². The lowest BCUT2D eigenvalue weighted by molar-refractivity contribution is -0.127. The minimum Gasteiger partial charge on any atom is -0.426 e. The largest absolute Gasteiger partial charge is 0.475 e. The average Bonchev–Trinajstić information content (AvgIpc) is 2.53. The average molecular weight is 396 g/mol. The molecule has 2 amide bonds. The summed E-state index contributed by atoms with van der Waals surface area (Å²) in [5, 5.41) is 24.5. The maximum absolute atomic E-state index is 12.4. The van der Waals surface area contributed by atoms with Crippen molar-refractivity contribution in [3.05, 3.63) is 28.8 Å². The van der Waals surface area contributed by atoms with Crippen LogP contribution in [0.4, 0.5) is 5.69 Å². The number of nitrogens with zero attached hydrogens (tertiary/aromatic N) is 1. The van der Waals surface area contributed by atoms with Crippen molar-refractivity contribution in [3.63, 3.8) is 0 Å². The first-order valence-electron chi connectivity index (χ1n) is 9.15. The Morgan fingerprint density at radius 1 is 1.37 bits per heavy atom. The minimum atomic E-state index is -1.64. The smallest absolute Gasteiger partial charge is 0.426 e. The van der Waals surface area contributed by atoms with E-state index in [1.165, 1.54) is 0 Å². The van der Waals surface area contributed by atoms with E-state index < -0.39 is 19.0 Å². The fraction of sp³-hybridized carbons (Fsp3) is 0.556. The topological polar surface area (TPSA) is 102 Å². The van der Waals surface area contributed by atoms with Crippen LogP contribution in [0.1, 0.15) is 32.3 Å². The number of carbonyl (C=O) groups is 2. The fourth-order valence-corrected chi connectivity index (χ4v) is 3.44. The van der Waals surface area contributed by atoms with Crippen molar-refractivity contribution < 1.29 is 19.6 Å². The standard InChI is InChI=1S/C18H27BClN3O4/c1-11(2)8-16(19(26)27)22-17(24)10-21-18(25)15-6-7-23(15)14-5-4-12(3)9-13(14)20/h4-5,9,11,15-16,26-27H,6-8,10H2,1-3H3,(H,21,25)(H,22,24). The molecule has 1 aliphatic rings. The molecular formula is C18H27BClN3O4. The van der Waals surface area contributed by atoms with Crippen LogP contribution in [0.25, 0.3) is 0 Å². The summed E-state index contributed by atoms with van der Waals surface area (Å²) in [5.41, 5.74) is 1.85. The second kappa shape index (κ2) is 9.44. The summed E-state index contributed by atoms with van der Waals surface area (Å²) in [6, 6.07) is 5.32. The van der Waals surface area contributed by atoms with Gasteiger partial charge in [-0.2, -0.15) is 0 Å². The number of nitrogens with one attached hydrogen (secondary N) is 2. The van der Waals surface area contributed by atoms with Gasteiger partial charge in [0, 0.05) is 6.54 Å². The Labute approximate surface area is 165 Å². The van der Waals surface area contributed by atoms with Crippen molar-refractivity contribution in [2.24, 2.45) is 5.92 Å². The summed E-state index contributed by atoms with van der Waals surface area (Å²) in [5.74, 6) is -1.28. The van der Waals surface area contributed by atoms with Crippen LogP contribution in [0.3, 0.4) is 0 Å². The van der Waals surface area contributed by atoms with Crippen molar-refractivity contribution in [3.8, 4) is 0 Å². The van der Waals surface area contributed by atoms with Crippen LogP contribution < -0.4 is 15.5 Å². The highest BCUT2D eigenvalue weighted by Gasteiger charge is 2.35. The van der Waals surface area contributed by atoms with Crippen molar-refractivity contribution in [1.29, 1.82) is 0 Å². The molecule has 1 heterocycles. The zero-order valence-corrected chi connectivity index (χ0v) is 16.7. The predicted octanol–water partition coefficient (Wildman–Crippen LogP) is 0.886. The van der Waals surface area contributed by atoms with E-state index in [9.17, 15) is 19.6 Å². The molecule has 0 radical (unpaired) electrons. The van der Waals surface area contributed by atoms with E-state index in [-0.39, 0.29) is 24.4 Å². The lowest BCUT2D eigenvalue weighted by Crippen LogP contribution is -2.58. The molecule has 1 fully saturated rings.